The van der Waals surface area contributed by atoms with E-state index in [-0.39, 0.29) is 11.9 Å². The van der Waals surface area contributed by atoms with Crippen LogP contribution in [0.25, 0.3) is 0 Å². The van der Waals surface area contributed by atoms with Crippen molar-refractivity contribution in [2.45, 2.75) is 33.6 Å². The Morgan fingerprint density at radius 2 is 2.20 bits per heavy atom. The Balaban J connectivity index is 2.28. The van der Waals surface area contributed by atoms with Crippen LogP contribution in [-0.2, 0) is 9.53 Å². The van der Waals surface area contributed by atoms with Crippen molar-refractivity contribution in [2.75, 3.05) is 6.61 Å². The number of ether oxygens (including phenoxy) is 1. The van der Waals surface area contributed by atoms with Crippen molar-refractivity contribution < 1.29 is 9.53 Å². The number of esters is 1. The molecule has 2 rings (SSSR count). The van der Waals surface area contributed by atoms with Crippen LogP contribution in [0.2, 0.25) is 0 Å². The average Bonchev–Trinajstić information content (AvgIpc) is 2.19. The third-order valence-electron chi connectivity index (χ3n) is 3.99. The van der Waals surface area contributed by atoms with E-state index < -0.39 is 0 Å². The van der Waals surface area contributed by atoms with Crippen LogP contribution in [0.3, 0.4) is 0 Å². The van der Waals surface area contributed by atoms with Gasteiger partial charge in [0.15, 0.2) is 0 Å². The monoisotopic (exact) mass is 208 g/mol. The number of hydrogen-bond acceptors (Lipinski definition) is 2. The van der Waals surface area contributed by atoms with Crippen LogP contribution < -0.4 is 0 Å². The second-order valence-electron chi connectivity index (χ2n) is 5.18. The van der Waals surface area contributed by atoms with Crippen LogP contribution in [0.1, 0.15) is 33.6 Å². The first kappa shape index (κ1) is 10.7. The molecule has 3 atom stereocenters. The van der Waals surface area contributed by atoms with Crippen LogP contribution >= 0.6 is 0 Å². The van der Waals surface area contributed by atoms with E-state index in [9.17, 15) is 4.79 Å². The maximum absolute atomic E-state index is 11.8. The lowest BCUT2D eigenvalue weighted by Crippen LogP contribution is -2.41. The normalized spacial score (nSPS) is 35.9. The SMILES string of the molecule is CC1=CC[C@H](C(C)C)[C@H]2C(=O)OCC[C@@H]12. The fourth-order valence-corrected chi connectivity index (χ4v) is 3.02. The van der Waals surface area contributed by atoms with Crippen molar-refractivity contribution in [2.24, 2.45) is 23.7 Å². The summed E-state index contributed by atoms with van der Waals surface area (Å²) in [5.41, 5.74) is 1.40. The molecule has 84 valence electrons. The Labute approximate surface area is 91.7 Å². The molecule has 0 aromatic heterocycles. The first-order valence-electron chi connectivity index (χ1n) is 5.94. The lowest BCUT2D eigenvalue weighted by atomic mass is 9.66. The Bertz CT molecular complexity index is 291. The quantitative estimate of drug-likeness (QED) is 0.489. The van der Waals surface area contributed by atoms with Gasteiger partial charge in [-0.2, -0.15) is 0 Å². The van der Waals surface area contributed by atoms with Crippen LogP contribution in [0.15, 0.2) is 11.6 Å². The molecule has 0 saturated carbocycles. The molecule has 15 heavy (non-hydrogen) atoms. The Hall–Kier alpha value is -0.790. The zero-order valence-electron chi connectivity index (χ0n) is 9.82. The van der Waals surface area contributed by atoms with Crippen LogP contribution in [0.5, 0.6) is 0 Å². The molecule has 0 radical (unpaired) electrons. The molecule has 2 aliphatic rings. The summed E-state index contributed by atoms with van der Waals surface area (Å²) in [6.07, 6.45) is 4.38. The molecule has 1 aliphatic carbocycles. The molecule has 1 saturated heterocycles. The van der Waals surface area contributed by atoms with Gasteiger partial charge in [-0.25, -0.2) is 0 Å². The molecular formula is C13H20O2. The predicted octanol–water partition coefficient (Wildman–Crippen LogP) is 2.79. The third-order valence-corrected chi connectivity index (χ3v) is 3.99. The lowest BCUT2D eigenvalue weighted by molar-refractivity contribution is -0.159. The number of hydrogen-bond donors (Lipinski definition) is 0. The zero-order chi connectivity index (χ0) is 11.0. The number of rotatable bonds is 1. The Morgan fingerprint density at radius 3 is 2.87 bits per heavy atom. The van der Waals surface area contributed by atoms with E-state index in [4.69, 9.17) is 4.74 Å². The largest absolute Gasteiger partial charge is 0.465 e. The van der Waals surface area contributed by atoms with Gasteiger partial charge >= 0.3 is 5.97 Å². The highest BCUT2D eigenvalue weighted by atomic mass is 16.5. The van der Waals surface area contributed by atoms with Crippen molar-refractivity contribution in [1.82, 2.24) is 0 Å². The van der Waals surface area contributed by atoms with Crippen molar-refractivity contribution in [3.8, 4) is 0 Å². The summed E-state index contributed by atoms with van der Waals surface area (Å²) in [5, 5.41) is 0. The summed E-state index contributed by atoms with van der Waals surface area (Å²) < 4.78 is 5.21. The van der Waals surface area contributed by atoms with E-state index in [1.807, 2.05) is 0 Å². The molecule has 0 amide bonds. The van der Waals surface area contributed by atoms with E-state index >= 15 is 0 Å². The molecule has 1 heterocycles. The van der Waals surface area contributed by atoms with Crippen molar-refractivity contribution >= 4 is 5.97 Å². The number of carbonyl (C=O) groups excluding carboxylic acids is 1. The molecule has 2 heteroatoms. The van der Waals surface area contributed by atoms with E-state index in [1.165, 1.54) is 5.57 Å². The van der Waals surface area contributed by atoms with Crippen LogP contribution in [-0.4, -0.2) is 12.6 Å². The highest BCUT2D eigenvalue weighted by molar-refractivity contribution is 5.74. The molecule has 0 unspecified atom stereocenters. The number of fused-ring (bicyclic) bond motifs is 1. The summed E-state index contributed by atoms with van der Waals surface area (Å²) in [5.74, 6) is 1.66. The lowest BCUT2D eigenvalue weighted by Gasteiger charge is -2.40. The minimum Gasteiger partial charge on any atom is -0.465 e. The maximum atomic E-state index is 11.8. The zero-order valence-corrected chi connectivity index (χ0v) is 9.82. The number of carbonyl (C=O) groups is 1. The molecule has 0 aromatic rings. The van der Waals surface area contributed by atoms with Gasteiger partial charge in [-0.15, -0.1) is 0 Å². The van der Waals surface area contributed by atoms with Gasteiger partial charge in [0.25, 0.3) is 0 Å². The molecule has 0 aromatic carbocycles. The molecule has 1 aliphatic heterocycles. The highest BCUT2D eigenvalue weighted by Gasteiger charge is 2.42. The fourth-order valence-electron chi connectivity index (χ4n) is 3.02. The average molecular weight is 208 g/mol. The van der Waals surface area contributed by atoms with Gasteiger partial charge < -0.3 is 4.74 Å². The minimum atomic E-state index is 0.0393. The third kappa shape index (κ3) is 1.82. The topological polar surface area (TPSA) is 26.3 Å². The first-order valence-corrected chi connectivity index (χ1v) is 5.94. The number of cyclic esters (lactones) is 1. The van der Waals surface area contributed by atoms with Crippen molar-refractivity contribution in [1.29, 1.82) is 0 Å². The second kappa shape index (κ2) is 3.99. The number of allylic oxidation sites excluding steroid dienone is 2. The van der Waals surface area contributed by atoms with Gasteiger partial charge in [0.1, 0.15) is 0 Å². The molecular weight excluding hydrogens is 188 g/mol. The van der Waals surface area contributed by atoms with E-state index in [0.717, 1.165) is 12.8 Å². The smallest absolute Gasteiger partial charge is 0.309 e. The maximum Gasteiger partial charge on any atom is 0.309 e. The summed E-state index contributed by atoms with van der Waals surface area (Å²) >= 11 is 0. The van der Waals surface area contributed by atoms with Gasteiger partial charge in [0, 0.05) is 0 Å². The van der Waals surface area contributed by atoms with Gasteiger partial charge in [-0.05, 0) is 37.5 Å². The van der Waals surface area contributed by atoms with Gasteiger partial charge in [0.05, 0.1) is 12.5 Å². The standard InChI is InChI=1S/C13H20O2/c1-8(2)10-5-4-9(3)11-6-7-15-13(14)12(10)11/h4,8,10-12H,5-7H2,1-3H3/t10-,11+,12-/m1/s1. The first-order chi connectivity index (χ1) is 7.11. The second-order valence-corrected chi connectivity index (χ2v) is 5.18. The summed E-state index contributed by atoms with van der Waals surface area (Å²) in [6, 6.07) is 0. The van der Waals surface area contributed by atoms with Crippen LogP contribution in [0.4, 0.5) is 0 Å². The molecule has 0 spiro atoms. The van der Waals surface area contributed by atoms with Gasteiger partial charge in [-0.3, -0.25) is 4.79 Å². The molecule has 0 N–H and O–H groups in total. The minimum absolute atomic E-state index is 0.0393. The molecule has 0 bridgehead atoms. The van der Waals surface area contributed by atoms with Crippen molar-refractivity contribution in [3.05, 3.63) is 11.6 Å². The van der Waals surface area contributed by atoms with Crippen LogP contribution in [0, 0.1) is 23.7 Å². The van der Waals surface area contributed by atoms with E-state index in [0.29, 0.717) is 24.4 Å². The molecule has 2 nitrogen and oxygen atoms in total. The fraction of sp³-hybridized carbons (Fsp3) is 0.769. The van der Waals surface area contributed by atoms with E-state index in [1.54, 1.807) is 0 Å². The summed E-state index contributed by atoms with van der Waals surface area (Å²) in [4.78, 5) is 11.8. The highest BCUT2D eigenvalue weighted by Crippen LogP contribution is 2.42. The Morgan fingerprint density at radius 1 is 1.47 bits per heavy atom. The van der Waals surface area contributed by atoms with Gasteiger partial charge in [-0.1, -0.05) is 25.5 Å². The summed E-state index contributed by atoms with van der Waals surface area (Å²) in [6.45, 7) is 7.18. The Kier molecular flexibility index (Phi) is 2.85. The summed E-state index contributed by atoms with van der Waals surface area (Å²) in [7, 11) is 0. The predicted molar refractivity (Wildman–Crippen MR) is 59.3 cm³/mol. The van der Waals surface area contributed by atoms with Gasteiger partial charge in [0.2, 0.25) is 0 Å². The van der Waals surface area contributed by atoms with Crippen molar-refractivity contribution in [3.63, 3.8) is 0 Å². The van der Waals surface area contributed by atoms with E-state index in [2.05, 4.69) is 26.8 Å². The molecule has 1 fully saturated rings.